The van der Waals surface area contributed by atoms with Gasteiger partial charge in [0.05, 0.1) is 30.2 Å². The van der Waals surface area contributed by atoms with Gasteiger partial charge in [0.2, 0.25) is 0 Å². The average molecular weight is 504 g/mol. The second-order valence-corrected chi connectivity index (χ2v) is 9.57. The Kier molecular flexibility index (Phi) is 7.96. The van der Waals surface area contributed by atoms with Gasteiger partial charge in [-0.25, -0.2) is 4.98 Å². The topological polar surface area (TPSA) is 93.9 Å². The van der Waals surface area contributed by atoms with Gasteiger partial charge in [0.25, 0.3) is 11.7 Å². The fraction of sp³-hybridized carbons (Fsp3) is 0.345. The molecule has 1 N–H and O–H groups in total. The van der Waals surface area contributed by atoms with E-state index in [1.807, 2.05) is 62.7 Å². The number of carbonyl (C=O) groups excluding carboxylic acids is 2. The molecule has 1 aliphatic heterocycles. The third kappa shape index (κ3) is 6.02. The van der Waals surface area contributed by atoms with Gasteiger partial charge in [-0.2, -0.15) is 0 Å². The van der Waals surface area contributed by atoms with Crippen LogP contribution in [0.3, 0.4) is 0 Å². The molecule has 1 fully saturated rings. The molecule has 8 heteroatoms. The fourth-order valence-electron chi connectivity index (χ4n) is 4.42. The summed E-state index contributed by atoms with van der Waals surface area (Å²) in [5, 5.41) is 11.3. The standard InChI is InChI=1S/C29H33N3O5/c1-19(2)36-23-10-6-21(7-11-23)26-25(27(33)22-8-12-24(13-9-22)37-20(3)4)28(34)29(35)32(26)16-5-15-31-17-14-30-18-31/h6-14,17-20,26,33H,5,15-16H2,1-4H3/b27-25-. The summed E-state index contributed by atoms with van der Waals surface area (Å²) in [4.78, 5) is 32.0. The Morgan fingerprint density at radius 1 is 0.919 bits per heavy atom. The van der Waals surface area contributed by atoms with Gasteiger partial charge >= 0.3 is 0 Å². The smallest absolute Gasteiger partial charge is 0.295 e. The molecule has 2 heterocycles. The highest BCUT2D eigenvalue weighted by Crippen LogP contribution is 2.40. The Morgan fingerprint density at radius 2 is 1.51 bits per heavy atom. The maximum absolute atomic E-state index is 13.3. The molecule has 4 rings (SSSR count). The molecule has 0 saturated carbocycles. The van der Waals surface area contributed by atoms with Gasteiger partial charge in [-0.1, -0.05) is 12.1 Å². The quantitative estimate of drug-likeness (QED) is 0.239. The summed E-state index contributed by atoms with van der Waals surface area (Å²) >= 11 is 0. The minimum atomic E-state index is -0.720. The zero-order valence-electron chi connectivity index (χ0n) is 21.6. The molecule has 194 valence electrons. The predicted molar refractivity (Wildman–Crippen MR) is 140 cm³/mol. The molecule has 2 aromatic carbocycles. The summed E-state index contributed by atoms with van der Waals surface area (Å²) in [7, 11) is 0. The number of benzene rings is 2. The van der Waals surface area contributed by atoms with E-state index >= 15 is 0 Å². The van der Waals surface area contributed by atoms with E-state index < -0.39 is 17.7 Å². The minimum absolute atomic E-state index is 0.00902. The summed E-state index contributed by atoms with van der Waals surface area (Å²) in [5.41, 5.74) is 1.24. The third-order valence-electron chi connectivity index (χ3n) is 5.98. The van der Waals surface area contributed by atoms with Crippen molar-refractivity contribution in [3.63, 3.8) is 0 Å². The van der Waals surface area contributed by atoms with Crippen LogP contribution in [0.2, 0.25) is 0 Å². The van der Waals surface area contributed by atoms with Crippen molar-refractivity contribution < 1.29 is 24.2 Å². The Hall–Kier alpha value is -4.07. The highest BCUT2D eigenvalue weighted by atomic mass is 16.5. The van der Waals surface area contributed by atoms with Gasteiger partial charge in [-0.15, -0.1) is 0 Å². The zero-order chi connectivity index (χ0) is 26.5. The molecule has 1 atom stereocenters. The van der Waals surface area contributed by atoms with E-state index in [9.17, 15) is 14.7 Å². The molecule has 3 aromatic rings. The number of aromatic nitrogens is 2. The number of aliphatic hydroxyl groups excluding tert-OH is 1. The van der Waals surface area contributed by atoms with Crippen LogP contribution >= 0.6 is 0 Å². The van der Waals surface area contributed by atoms with E-state index in [0.717, 1.165) is 5.56 Å². The monoisotopic (exact) mass is 503 g/mol. The van der Waals surface area contributed by atoms with E-state index in [0.29, 0.717) is 36.6 Å². The fourth-order valence-corrected chi connectivity index (χ4v) is 4.42. The van der Waals surface area contributed by atoms with E-state index in [1.54, 1.807) is 41.7 Å². The van der Waals surface area contributed by atoms with Gasteiger partial charge in [0.1, 0.15) is 17.3 Å². The van der Waals surface area contributed by atoms with Crippen molar-refractivity contribution in [2.24, 2.45) is 0 Å². The van der Waals surface area contributed by atoms with Crippen LogP contribution in [0.25, 0.3) is 5.76 Å². The van der Waals surface area contributed by atoms with Crippen molar-refractivity contribution in [1.82, 2.24) is 14.5 Å². The molecule has 8 nitrogen and oxygen atoms in total. The molecule has 0 radical (unpaired) electrons. The van der Waals surface area contributed by atoms with E-state index in [4.69, 9.17) is 9.47 Å². The van der Waals surface area contributed by atoms with Crippen molar-refractivity contribution in [2.45, 2.75) is 58.9 Å². The first-order chi connectivity index (χ1) is 17.7. The van der Waals surface area contributed by atoms with Crippen LogP contribution in [-0.4, -0.2) is 50.0 Å². The van der Waals surface area contributed by atoms with Gasteiger partial charge < -0.3 is 24.0 Å². The first-order valence-electron chi connectivity index (χ1n) is 12.5. The molecule has 37 heavy (non-hydrogen) atoms. The number of ketones is 1. The van der Waals surface area contributed by atoms with Crippen LogP contribution < -0.4 is 9.47 Å². The minimum Gasteiger partial charge on any atom is -0.507 e. The average Bonchev–Trinajstić information content (AvgIpc) is 3.46. The molecular formula is C29H33N3O5. The summed E-state index contributed by atoms with van der Waals surface area (Å²) in [5.74, 6) is -0.186. The molecule has 0 spiro atoms. The molecule has 1 unspecified atom stereocenters. The molecule has 1 amide bonds. The number of likely N-dealkylation sites (tertiary alicyclic amines) is 1. The lowest BCUT2D eigenvalue weighted by atomic mass is 9.95. The highest BCUT2D eigenvalue weighted by molar-refractivity contribution is 6.46. The Labute approximate surface area is 217 Å². The van der Waals surface area contributed by atoms with Crippen LogP contribution in [0.1, 0.15) is 51.3 Å². The first kappa shape index (κ1) is 26.0. The van der Waals surface area contributed by atoms with Crippen LogP contribution in [0.5, 0.6) is 11.5 Å². The number of rotatable bonds is 10. The van der Waals surface area contributed by atoms with Crippen LogP contribution in [0.4, 0.5) is 0 Å². The third-order valence-corrected chi connectivity index (χ3v) is 5.98. The predicted octanol–water partition coefficient (Wildman–Crippen LogP) is 4.97. The lowest BCUT2D eigenvalue weighted by Crippen LogP contribution is -2.31. The number of hydrogen-bond donors (Lipinski definition) is 1. The van der Waals surface area contributed by atoms with Crippen LogP contribution in [0.15, 0.2) is 72.8 Å². The summed E-state index contributed by atoms with van der Waals surface area (Å²) in [6.45, 7) is 8.74. The molecule has 0 aliphatic carbocycles. The number of hydrogen-bond acceptors (Lipinski definition) is 6. The van der Waals surface area contributed by atoms with Crippen molar-refractivity contribution in [1.29, 1.82) is 0 Å². The van der Waals surface area contributed by atoms with Crippen LogP contribution in [-0.2, 0) is 16.1 Å². The van der Waals surface area contributed by atoms with Crippen LogP contribution in [0, 0.1) is 0 Å². The molecule has 0 bridgehead atoms. The normalized spacial score (nSPS) is 17.1. The lowest BCUT2D eigenvalue weighted by molar-refractivity contribution is -0.139. The number of nitrogens with zero attached hydrogens (tertiary/aromatic N) is 3. The largest absolute Gasteiger partial charge is 0.507 e. The van der Waals surface area contributed by atoms with Gasteiger partial charge in [-0.3, -0.25) is 9.59 Å². The first-order valence-corrected chi connectivity index (χ1v) is 12.5. The summed E-state index contributed by atoms with van der Waals surface area (Å²) in [6, 6.07) is 13.5. The van der Waals surface area contributed by atoms with E-state index in [1.165, 1.54) is 0 Å². The lowest BCUT2D eigenvalue weighted by Gasteiger charge is -2.25. The number of Topliss-reactive ketones (excluding diaryl/α,β-unsaturated/α-hetero) is 1. The van der Waals surface area contributed by atoms with Gasteiger partial charge in [0, 0.05) is 31.0 Å². The second-order valence-electron chi connectivity index (χ2n) is 9.57. The number of ether oxygens (including phenoxy) is 2. The maximum Gasteiger partial charge on any atom is 0.295 e. The zero-order valence-corrected chi connectivity index (χ0v) is 21.6. The number of imidazole rings is 1. The highest BCUT2D eigenvalue weighted by Gasteiger charge is 2.45. The van der Waals surface area contributed by atoms with E-state index in [-0.39, 0.29) is 23.5 Å². The number of aliphatic hydroxyl groups is 1. The Balaban J connectivity index is 1.69. The molecular weight excluding hydrogens is 470 g/mol. The number of amides is 1. The second kappa shape index (κ2) is 11.3. The Bertz CT molecular complexity index is 1250. The molecule has 1 saturated heterocycles. The molecule has 1 aromatic heterocycles. The van der Waals surface area contributed by atoms with Crippen molar-refractivity contribution in [2.75, 3.05) is 6.54 Å². The summed E-state index contributed by atoms with van der Waals surface area (Å²) < 4.78 is 13.4. The van der Waals surface area contributed by atoms with Gasteiger partial charge in [-0.05, 0) is 76.1 Å². The maximum atomic E-state index is 13.3. The van der Waals surface area contributed by atoms with E-state index in [2.05, 4.69) is 4.98 Å². The van der Waals surface area contributed by atoms with Gasteiger partial charge in [0.15, 0.2) is 0 Å². The molecule has 1 aliphatic rings. The Morgan fingerprint density at radius 3 is 2.05 bits per heavy atom. The van der Waals surface area contributed by atoms with Crippen molar-refractivity contribution >= 4 is 17.4 Å². The summed E-state index contributed by atoms with van der Waals surface area (Å²) in [6.07, 6.45) is 5.91. The van der Waals surface area contributed by atoms with Crippen molar-refractivity contribution in [3.8, 4) is 11.5 Å². The number of aryl methyl sites for hydroxylation is 1. The number of carbonyl (C=O) groups is 2. The van der Waals surface area contributed by atoms with Crippen molar-refractivity contribution in [3.05, 3.63) is 84.0 Å². The SMILES string of the molecule is CC(C)Oc1ccc(/C(O)=C2/C(=O)C(=O)N(CCCn3ccnc3)C2c2ccc(OC(C)C)cc2)cc1.